The van der Waals surface area contributed by atoms with Crippen molar-refractivity contribution in [3.63, 3.8) is 0 Å². The van der Waals surface area contributed by atoms with Crippen molar-refractivity contribution < 1.29 is 17.5 Å². The lowest BCUT2D eigenvalue weighted by atomic mass is 10.2. The number of aromatic nitrogens is 2. The van der Waals surface area contributed by atoms with Crippen LogP contribution >= 0.6 is 11.3 Å². The van der Waals surface area contributed by atoms with E-state index in [9.17, 15) is 12.8 Å². The molecule has 0 aliphatic carbocycles. The molecule has 7 nitrogen and oxygen atoms in total. The summed E-state index contributed by atoms with van der Waals surface area (Å²) in [5, 5.41) is 4.85. The maximum atomic E-state index is 14.9. The van der Waals surface area contributed by atoms with Gasteiger partial charge < -0.3 is 10.1 Å². The molecule has 0 atom stereocenters. The van der Waals surface area contributed by atoms with Crippen molar-refractivity contribution in [2.45, 2.75) is 38.4 Å². The van der Waals surface area contributed by atoms with Gasteiger partial charge in [-0.2, -0.15) is 0 Å². The van der Waals surface area contributed by atoms with Crippen LogP contribution in [0.2, 0.25) is 0 Å². The van der Waals surface area contributed by atoms with Crippen LogP contribution in [0.25, 0.3) is 10.2 Å². The van der Waals surface area contributed by atoms with Gasteiger partial charge in [-0.15, -0.1) is 15.7 Å². The fourth-order valence-corrected chi connectivity index (χ4v) is 5.35. The highest BCUT2D eigenvalue weighted by Gasteiger charge is 2.15. The van der Waals surface area contributed by atoms with Crippen LogP contribution in [0.15, 0.2) is 70.7 Å². The number of hydrogen-bond donors (Lipinski definition) is 1. The summed E-state index contributed by atoms with van der Waals surface area (Å²) in [5.41, 5.74) is 1.76. The van der Waals surface area contributed by atoms with E-state index < -0.39 is 15.8 Å². The number of anilines is 1. The minimum Gasteiger partial charge on any atom is -0.434 e. The monoisotopic (exact) mass is 512 g/mol. The number of nitrogens with one attached hydrogen (secondary N) is 1. The van der Waals surface area contributed by atoms with Crippen LogP contribution in [0.5, 0.6) is 11.6 Å². The number of sulfonamides is 1. The summed E-state index contributed by atoms with van der Waals surface area (Å²) in [7, 11) is -3.77. The lowest BCUT2D eigenvalue weighted by molar-refractivity contribution is 0.432. The maximum Gasteiger partial charge on any atom is 0.258 e. The molecular formula is C25H25FN4O3S2. The van der Waals surface area contributed by atoms with Crippen molar-refractivity contribution >= 4 is 43.1 Å². The molecule has 35 heavy (non-hydrogen) atoms. The fourth-order valence-electron chi connectivity index (χ4n) is 3.43. The predicted octanol–water partition coefficient (Wildman–Crippen LogP) is 6.54. The summed E-state index contributed by atoms with van der Waals surface area (Å²) in [4.78, 5) is 8.26. The molecule has 4 rings (SSSR count). The van der Waals surface area contributed by atoms with Gasteiger partial charge in [0.05, 0.1) is 11.3 Å². The van der Waals surface area contributed by atoms with E-state index in [0.717, 1.165) is 29.5 Å². The molecule has 2 heterocycles. The average Bonchev–Trinajstić information content (AvgIpc) is 3.31. The summed E-state index contributed by atoms with van der Waals surface area (Å²) in [6.07, 6.45) is 4.46. The molecule has 2 aromatic heterocycles. The maximum absolute atomic E-state index is 14.9. The Labute approximate surface area is 207 Å². The molecule has 1 N–H and O–H groups in total. The van der Waals surface area contributed by atoms with Crippen LogP contribution in [-0.4, -0.2) is 24.2 Å². The largest absolute Gasteiger partial charge is 0.434 e. The average molecular weight is 513 g/mol. The second-order valence-electron chi connectivity index (χ2n) is 7.89. The number of thiophene rings is 1. The summed E-state index contributed by atoms with van der Waals surface area (Å²) in [6.45, 7) is 2.06. The molecule has 10 heteroatoms. The van der Waals surface area contributed by atoms with Crippen LogP contribution in [0.4, 0.5) is 10.1 Å². The van der Waals surface area contributed by atoms with E-state index in [1.165, 1.54) is 29.8 Å². The zero-order chi connectivity index (χ0) is 24.7. The first kappa shape index (κ1) is 24.7. The fraction of sp³-hybridized carbons (Fsp3) is 0.240. The molecule has 0 spiro atoms. The van der Waals surface area contributed by atoms with Crippen molar-refractivity contribution in [3.05, 3.63) is 77.7 Å². The number of ether oxygens (including phenoxy) is 1. The number of amidine groups is 1. The van der Waals surface area contributed by atoms with Crippen molar-refractivity contribution in [2.24, 2.45) is 4.40 Å². The van der Waals surface area contributed by atoms with Crippen LogP contribution in [0.1, 0.15) is 38.2 Å². The van der Waals surface area contributed by atoms with E-state index in [4.69, 9.17) is 4.74 Å². The molecule has 0 aliphatic rings. The first-order chi connectivity index (χ1) is 16.9. The highest BCUT2D eigenvalue weighted by atomic mass is 32.2. The molecule has 0 saturated carbocycles. The van der Waals surface area contributed by atoms with Crippen LogP contribution in [-0.2, 0) is 15.8 Å². The van der Waals surface area contributed by atoms with E-state index in [-0.39, 0.29) is 23.2 Å². The van der Waals surface area contributed by atoms with E-state index >= 15 is 0 Å². The van der Waals surface area contributed by atoms with Crippen LogP contribution in [0, 0.1) is 5.82 Å². The summed E-state index contributed by atoms with van der Waals surface area (Å²) >= 11 is 1.41. The molecule has 182 valence electrons. The number of unbranched alkanes of at least 4 members (excludes halogenated alkanes) is 2. The second-order valence-corrected chi connectivity index (χ2v) is 10.4. The Hall–Kier alpha value is -3.37. The number of nitrogens with zero attached hydrogens (tertiary/aromatic N) is 3. The smallest absolute Gasteiger partial charge is 0.258 e. The lowest BCUT2D eigenvalue weighted by Crippen LogP contribution is -2.16. The first-order valence-corrected chi connectivity index (χ1v) is 13.7. The van der Waals surface area contributed by atoms with Gasteiger partial charge in [0.25, 0.3) is 10.0 Å². The molecule has 2 aromatic carbocycles. The number of rotatable bonds is 10. The first-order valence-electron chi connectivity index (χ1n) is 11.2. The molecule has 0 radical (unpaired) electrons. The van der Waals surface area contributed by atoms with Crippen molar-refractivity contribution in [1.29, 1.82) is 0 Å². The minimum absolute atomic E-state index is 0.00474. The van der Waals surface area contributed by atoms with Crippen molar-refractivity contribution in [2.75, 3.05) is 5.32 Å². The van der Waals surface area contributed by atoms with Gasteiger partial charge in [0.15, 0.2) is 11.6 Å². The Morgan fingerprint density at radius 2 is 1.94 bits per heavy atom. The van der Waals surface area contributed by atoms with Gasteiger partial charge in [0.1, 0.15) is 16.9 Å². The van der Waals surface area contributed by atoms with Crippen LogP contribution < -0.4 is 10.1 Å². The number of benzene rings is 2. The molecular weight excluding hydrogens is 487 g/mol. The molecule has 0 unspecified atom stereocenters. The van der Waals surface area contributed by atoms with E-state index in [2.05, 4.69) is 26.6 Å². The molecule has 0 fully saturated rings. The lowest BCUT2D eigenvalue weighted by Gasteiger charge is -2.12. The molecule has 0 aliphatic heterocycles. The van der Waals surface area contributed by atoms with E-state index in [1.54, 1.807) is 30.3 Å². The van der Waals surface area contributed by atoms with Gasteiger partial charge in [-0.05, 0) is 35.6 Å². The van der Waals surface area contributed by atoms with Gasteiger partial charge in [0, 0.05) is 18.2 Å². The number of hydrogen-bond acceptors (Lipinski definition) is 6. The standard InChI is InChI=1S/C25H25FN4O3S2/c1-2-3-5-10-23(30-35(31,32)16-18-8-6-4-7-9-18)29-19-11-12-22(20(26)15-19)33-25-24-21(13-14-34-24)27-17-28-25/h4,6-9,11-15,17H,2-3,5,10,16H2,1H3,(H,29,30). The van der Waals surface area contributed by atoms with Gasteiger partial charge in [-0.1, -0.05) is 50.1 Å². The molecule has 0 saturated heterocycles. The Balaban J connectivity index is 1.53. The van der Waals surface area contributed by atoms with Gasteiger partial charge in [-0.25, -0.2) is 22.8 Å². The van der Waals surface area contributed by atoms with E-state index in [1.807, 2.05) is 17.5 Å². The third-order valence-corrected chi connectivity index (χ3v) is 7.18. The molecule has 0 amide bonds. The Morgan fingerprint density at radius 3 is 2.71 bits per heavy atom. The summed E-state index contributed by atoms with van der Waals surface area (Å²) in [5.74, 6) is -0.259. The zero-order valence-corrected chi connectivity index (χ0v) is 20.8. The Bertz CT molecular complexity index is 1420. The summed E-state index contributed by atoms with van der Waals surface area (Å²) in [6, 6.07) is 15.1. The highest BCUT2D eigenvalue weighted by Crippen LogP contribution is 2.32. The third kappa shape index (κ3) is 6.83. The third-order valence-electron chi connectivity index (χ3n) is 5.10. The van der Waals surface area contributed by atoms with Gasteiger partial charge in [-0.3, -0.25) is 0 Å². The number of halogens is 1. The normalized spacial score (nSPS) is 12.1. The van der Waals surface area contributed by atoms with Gasteiger partial charge >= 0.3 is 0 Å². The van der Waals surface area contributed by atoms with Crippen LogP contribution in [0.3, 0.4) is 0 Å². The second kappa shape index (κ2) is 11.4. The minimum atomic E-state index is -3.77. The topological polar surface area (TPSA) is 93.5 Å². The quantitative estimate of drug-likeness (QED) is 0.147. The number of fused-ring (bicyclic) bond motifs is 1. The Morgan fingerprint density at radius 1 is 1.11 bits per heavy atom. The zero-order valence-electron chi connectivity index (χ0n) is 19.1. The SMILES string of the molecule is CCCCCC(=NS(=O)(=O)Cc1ccccc1)Nc1ccc(Oc2ncnc3ccsc23)c(F)c1. The van der Waals surface area contributed by atoms with E-state index in [0.29, 0.717) is 17.7 Å². The molecule has 0 bridgehead atoms. The van der Waals surface area contributed by atoms with Gasteiger partial charge in [0.2, 0.25) is 5.88 Å². The van der Waals surface area contributed by atoms with Crippen molar-refractivity contribution in [1.82, 2.24) is 9.97 Å². The molecule has 4 aromatic rings. The Kier molecular flexibility index (Phi) is 8.04. The predicted molar refractivity (Wildman–Crippen MR) is 138 cm³/mol. The summed E-state index contributed by atoms with van der Waals surface area (Å²) < 4.78 is 50.8. The van der Waals surface area contributed by atoms with Crippen molar-refractivity contribution in [3.8, 4) is 11.6 Å². The highest BCUT2D eigenvalue weighted by molar-refractivity contribution is 7.89.